The molecule has 0 aromatic rings. The number of halogens is 3. The molecule has 1 heterocycles. The van der Waals surface area contributed by atoms with Gasteiger partial charge in [0.15, 0.2) is 0 Å². The zero-order chi connectivity index (χ0) is 12.2. The zero-order valence-electron chi connectivity index (χ0n) is 9.04. The molecule has 7 heteroatoms. The van der Waals surface area contributed by atoms with Crippen molar-refractivity contribution in [2.45, 2.75) is 25.5 Å². The lowest BCUT2D eigenvalue weighted by Gasteiger charge is -2.35. The van der Waals surface area contributed by atoms with E-state index >= 15 is 0 Å². The lowest BCUT2D eigenvalue weighted by atomic mass is 10.2. The Morgan fingerprint density at radius 1 is 1.44 bits per heavy atom. The molecule has 96 valence electrons. The van der Waals surface area contributed by atoms with Crippen LogP contribution in [0.4, 0.5) is 13.2 Å². The fraction of sp³-hybridized carbons (Fsp3) is 1.00. The Labute approximate surface area is 91.9 Å². The fourth-order valence-electron chi connectivity index (χ4n) is 1.71. The van der Waals surface area contributed by atoms with Crippen LogP contribution in [-0.4, -0.2) is 61.4 Å². The minimum Gasteiger partial charge on any atom is -0.394 e. The van der Waals surface area contributed by atoms with Crippen LogP contribution >= 0.6 is 0 Å². The first kappa shape index (κ1) is 13.7. The van der Waals surface area contributed by atoms with Gasteiger partial charge >= 0.3 is 6.36 Å². The van der Waals surface area contributed by atoms with Gasteiger partial charge in [0, 0.05) is 19.6 Å². The molecule has 1 aliphatic heterocycles. The summed E-state index contributed by atoms with van der Waals surface area (Å²) in [5.74, 6) is 0. The van der Waals surface area contributed by atoms with Gasteiger partial charge in [0.25, 0.3) is 0 Å². The van der Waals surface area contributed by atoms with Crippen LogP contribution < -0.4 is 0 Å². The van der Waals surface area contributed by atoms with E-state index in [0.717, 1.165) is 0 Å². The van der Waals surface area contributed by atoms with Gasteiger partial charge in [0.1, 0.15) is 0 Å². The summed E-state index contributed by atoms with van der Waals surface area (Å²) in [6.45, 7) is 2.47. The highest BCUT2D eigenvalue weighted by Gasteiger charge is 2.30. The Morgan fingerprint density at radius 3 is 2.69 bits per heavy atom. The van der Waals surface area contributed by atoms with Gasteiger partial charge in [-0.15, -0.1) is 13.2 Å². The molecule has 0 aromatic heterocycles. The summed E-state index contributed by atoms with van der Waals surface area (Å²) < 4.78 is 44.2. The van der Waals surface area contributed by atoms with Crippen molar-refractivity contribution in [2.24, 2.45) is 0 Å². The van der Waals surface area contributed by atoms with Crippen LogP contribution in [-0.2, 0) is 9.47 Å². The molecule has 0 bridgehead atoms. The minimum absolute atomic E-state index is 0.0863. The van der Waals surface area contributed by atoms with Gasteiger partial charge in [0.05, 0.1) is 25.4 Å². The highest BCUT2D eigenvalue weighted by molar-refractivity contribution is 4.74. The van der Waals surface area contributed by atoms with Crippen molar-refractivity contribution in [2.75, 3.05) is 32.8 Å². The molecule has 0 amide bonds. The van der Waals surface area contributed by atoms with E-state index in [1.165, 1.54) is 0 Å². The predicted molar refractivity (Wildman–Crippen MR) is 49.9 cm³/mol. The summed E-state index contributed by atoms with van der Waals surface area (Å²) in [4.78, 5) is 1.79. The number of hydrogen-bond acceptors (Lipinski definition) is 4. The molecule has 1 rings (SSSR count). The molecule has 1 fully saturated rings. The van der Waals surface area contributed by atoms with Crippen LogP contribution in [0.2, 0.25) is 0 Å². The third-order valence-electron chi connectivity index (χ3n) is 2.28. The Hall–Kier alpha value is -0.370. The van der Waals surface area contributed by atoms with E-state index < -0.39 is 13.0 Å². The Morgan fingerprint density at radius 2 is 2.12 bits per heavy atom. The Balaban J connectivity index is 2.26. The van der Waals surface area contributed by atoms with Crippen LogP contribution in [0.1, 0.15) is 6.92 Å². The molecular formula is C9H16F3NO3. The first-order valence-corrected chi connectivity index (χ1v) is 5.10. The van der Waals surface area contributed by atoms with Crippen molar-refractivity contribution in [3.63, 3.8) is 0 Å². The Kier molecular flexibility index (Phi) is 4.97. The van der Waals surface area contributed by atoms with Crippen LogP contribution in [0, 0.1) is 0 Å². The number of hydrogen-bond donors (Lipinski definition) is 1. The van der Waals surface area contributed by atoms with Gasteiger partial charge in [-0.1, -0.05) is 0 Å². The second-order valence-corrected chi connectivity index (χ2v) is 3.81. The number of morpholine rings is 1. The van der Waals surface area contributed by atoms with E-state index in [1.54, 1.807) is 4.90 Å². The van der Waals surface area contributed by atoms with Crippen LogP contribution in [0.25, 0.3) is 0 Å². The van der Waals surface area contributed by atoms with E-state index in [0.29, 0.717) is 13.1 Å². The second-order valence-electron chi connectivity index (χ2n) is 3.81. The molecule has 1 aliphatic rings. The van der Waals surface area contributed by atoms with Gasteiger partial charge in [-0.2, -0.15) is 0 Å². The topological polar surface area (TPSA) is 41.9 Å². The lowest BCUT2D eigenvalue weighted by molar-refractivity contribution is -0.325. The normalized spacial score (nSPS) is 28.3. The molecule has 1 saturated heterocycles. The summed E-state index contributed by atoms with van der Waals surface area (Å²) in [5, 5.41) is 8.92. The van der Waals surface area contributed by atoms with Gasteiger partial charge < -0.3 is 9.84 Å². The smallest absolute Gasteiger partial charge is 0.394 e. The van der Waals surface area contributed by atoms with Crippen LogP contribution in [0.15, 0.2) is 0 Å². The molecule has 1 N–H and O–H groups in total. The monoisotopic (exact) mass is 243 g/mol. The average molecular weight is 243 g/mol. The summed E-state index contributed by atoms with van der Waals surface area (Å²) in [6, 6.07) is 0. The second kappa shape index (κ2) is 5.81. The van der Waals surface area contributed by atoms with Crippen molar-refractivity contribution in [1.82, 2.24) is 4.90 Å². The summed E-state index contributed by atoms with van der Waals surface area (Å²) in [5.41, 5.74) is 0. The molecular weight excluding hydrogens is 227 g/mol. The molecule has 0 aliphatic carbocycles. The van der Waals surface area contributed by atoms with Crippen molar-refractivity contribution < 1.29 is 27.8 Å². The van der Waals surface area contributed by atoms with Gasteiger partial charge in [0.2, 0.25) is 0 Å². The molecule has 4 nitrogen and oxygen atoms in total. The number of aliphatic hydroxyl groups is 1. The molecule has 2 atom stereocenters. The largest absolute Gasteiger partial charge is 0.522 e. The number of rotatable bonds is 4. The van der Waals surface area contributed by atoms with Gasteiger partial charge in [-0.05, 0) is 6.92 Å². The van der Waals surface area contributed by atoms with Gasteiger partial charge in [-0.3, -0.25) is 9.64 Å². The Bertz CT molecular complexity index is 213. The highest BCUT2D eigenvalue weighted by atomic mass is 19.4. The number of ether oxygens (including phenoxy) is 2. The summed E-state index contributed by atoms with van der Waals surface area (Å²) in [7, 11) is 0. The zero-order valence-corrected chi connectivity index (χ0v) is 9.04. The maximum absolute atomic E-state index is 11.7. The highest BCUT2D eigenvalue weighted by Crippen LogP contribution is 2.16. The SMILES string of the molecule is CC1CN(CCOC(F)(F)F)CC(CO)O1. The number of alkyl halides is 3. The van der Waals surface area contributed by atoms with Crippen molar-refractivity contribution in [3.8, 4) is 0 Å². The van der Waals surface area contributed by atoms with E-state index in [4.69, 9.17) is 9.84 Å². The van der Waals surface area contributed by atoms with Crippen LogP contribution in [0.5, 0.6) is 0 Å². The minimum atomic E-state index is -4.58. The molecule has 16 heavy (non-hydrogen) atoms. The summed E-state index contributed by atoms with van der Waals surface area (Å²) in [6.07, 6.45) is -4.99. The quantitative estimate of drug-likeness (QED) is 0.785. The van der Waals surface area contributed by atoms with E-state index in [1.807, 2.05) is 6.92 Å². The standard InChI is InChI=1S/C9H16F3NO3/c1-7-4-13(5-8(6-14)16-7)2-3-15-9(10,11)12/h7-8,14H,2-6H2,1H3. The van der Waals surface area contributed by atoms with Crippen molar-refractivity contribution >= 4 is 0 Å². The number of nitrogens with zero attached hydrogens (tertiary/aromatic N) is 1. The maximum Gasteiger partial charge on any atom is 0.522 e. The third kappa shape index (κ3) is 5.11. The molecule has 0 spiro atoms. The fourth-order valence-corrected chi connectivity index (χ4v) is 1.71. The van der Waals surface area contributed by atoms with Crippen molar-refractivity contribution in [1.29, 1.82) is 0 Å². The molecule has 2 unspecified atom stereocenters. The maximum atomic E-state index is 11.7. The predicted octanol–water partition coefficient (Wildman–Crippen LogP) is 0.604. The first-order chi connectivity index (χ1) is 7.40. The number of aliphatic hydroxyl groups excluding tert-OH is 1. The van der Waals surface area contributed by atoms with E-state index in [-0.39, 0.29) is 25.4 Å². The average Bonchev–Trinajstić information content (AvgIpc) is 2.14. The van der Waals surface area contributed by atoms with Crippen LogP contribution in [0.3, 0.4) is 0 Å². The van der Waals surface area contributed by atoms with Gasteiger partial charge in [-0.25, -0.2) is 0 Å². The third-order valence-corrected chi connectivity index (χ3v) is 2.28. The first-order valence-electron chi connectivity index (χ1n) is 5.10. The van der Waals surface area contributed by atoms with Crippen molar-refractivity contribution in [3.05, 3.63) is 0 Å². The summed E-state index contributed by atoms with van der Waals surface area (Å²) >= 11 is 0. The molecule has 0 aromatic carbocycles. The lowest BCUT2D eigenvalue weighted by Crippen LogP contribution is -2.49. The molecule has 0 saturated carbocycles. The molecule has 0 radical (unpaired) electrons. The van der Waals surface area contributed by atoms with E-state index in [2.05, 4.69) is 4.74 Å². The van der Waals surface area contributed by atoms with E-state index in [9.17, 15) is 13.2 Å².